The van der Waals surface area contributed by atoms with Crippen LogP contribution in [-0.4, -0.2) is 24.5 Å². The van der Waals surface area contributed by atoms with Gasteiger partial charge in [-0.05, 0) is 94.9 Å². The third-order valence-corrected chi connectivity index (χ3v) is 19.9. The number of thiophene rings is 4. The third kappa shape index (κ3) is 7.75. The summed E-state index contributed by atoms with van der Waals surface area (Å²) in [5, 5.41) is 10.4. The normalized spacial score (nSPS) is 12.1. The van der Waals surface area contributed by atoms with E-state index in [0.717, 1.165) is 65.8 Å². The van der Waals surface area contributed by atoms with E-state index in [9.17, 15) is 0 Å². The number of halogens is 1. The summed E-state index contributed by atoms with van der Waals surface area (Å²) in [7, 11) is 0. The molecule has 0 fully saturated rings. The van der Waals surface area contributed by atoms with Crippen molar-refractivity contribution >= 4 is 160 Å². The molecule has 372 valence electrons. The quantitative estimate of drug-likeness (QED) is 0.165. The van der Waals surface area contributed by atoms with Gasteiger partial charge in [0.15, 0.2) is 0 Å². The SMILES string of the molecule is Clc1nc(-c2ccccc2)c2sc3ccccc3c2n1.c1ccc(-c2nc(-n3c4ccccc4c4cc5c(cc43)sc3ccccc35)nc3c2sc2ccccc23)cc1.c1ccc2c(c1)Cc1cc3sc4ccccc4c3cc1-2. The summed E-state index contributed by atoms with van der Waals surface area (Å²) < 4.78 is 12.3. The predicted octanol–water partition coefficient (Wildman–Crippen LogP) is 20.8. The highest BCUT2D eigenvalue weighted by Gasteiger charge is 2.23. The number of para-hydroxylation sites is 1. The maximum Gasteiger partial charge on any atom is 0.235 e. The Morgan fingerprint density at radius 1 is 0.329 bits per heavy atom. The van der Waals surface area contributed by atoms with E-state index in [2.05, 4.69) is 203 Å². The molecule has 10 heteroatoms. The second kappa shape index (κ2) is 18.8. The minimum atomic E-state index is 0.292. The van der Waals surface area contributed by atoms with Gasteiger partial charge in [-0.1, -0.05) is 176 Å². The molecular formula is C69H40ClN5S4. The summed E-state index contributed by atoms with van der Waals surface area (Å²) >= 11 is 13.3. The molecule has 10 aromatic carbocycles. The number of rotatable bonds is 3. The maximum absolute atomic E-state index is 6.11. The van der Waals surface area contributed by atoms with Crippen LogP contribution in [0.5, 0.6) is 0 Å². The molecule has 0 radical (unpaired) electrons. The van der Waals surface area contributed by atoms with E-state index in [1.54, 1.807) is 22.7 Å². The molecule has 0 N–H and O–H groups in total. The number of aromatic nitrogens is 5. The predicted molar refractivity (Wildman–Crippen MR) is 341 cm³/mol. The third-order valence-electron chi connectivity index (χ3n) is 15.2. The Kier molecular flexibility index (Phi) is 11.0. The highest BCUT2D eigenvalue weighted by atomic mass is 35.5. The van der Waals surface area contributed by atoms with Crippen LogP contribution in [0.4, 0.5) is 0 Å². The number of nitrogens with zero attached hydrogens (tertiary/aromatic N) is 5. The van der Waals surface area contributed by atoms with E-state index in [1.165, 1.54) is 88.2 Å². The van der Waals surface area contributed by atoms with E-state index in [-0.39, 0.29) is 0 Å². The smallest absolute Gasteiger partial charge is 0.235 e. The van der Waals surface area contributed by atoms with Gasteiger partial charge in [0, 0.05) is 82.4 Å². The molecular weight excluding hydrogens is 1060 g/mol. The maximum atomic E-state index is 6.11. The van der Waals surface area contributed by atoms with E-state index in [0.29, 0.717) is 11.2 Å². The lowest BCUT2D eigenvalue weighted by Crippen LogP contribution is -2.02. The van der Waals surface area contributed by atoms with Crippen molar-refractivity contribution in [2.45, 2.75) is 6.42 Å². The van der Waals surface area contributed by atoms with Crippen molar-refractivity contribution in [1.29, 1.82) is 0 Å². The fourth-order valence-corrected chi connectivity index (χ4v) is 16.3. The monoisotopic (exact) mass is 1100 g/mol. The van der Waals surface area contributed by atoms with Crippen LogP contribution >= 0.6 is 56.9 Å². The highest BCUT2D eigenvalue weighted by Crippen LogP contribution is 2.45. The van der Waals surface area contributed by atoms with Gasteiger partial charge in [0.1, 0.15) is 0 Å². The molecule has 0 aliphatic heterocycles. The molecule has 0 amide bonds. The minimum Gasteiger partial charge on any atom is -0.278 e. The van der Waals surface area contributed by atoms with Gasteiger partial charge in [0.25, 0.3) is 0 Å². The van der Waals surface area contributed by atoms with Gasteiger partial charge in [-0.25, -0.2) is 19.9 Å². The van der Waals surface area contributed by atoms with E-state index in [1.807, 2.05) is 65.1 Å². The molecule has 0 bridgehead atoms. The van der Waals surface area contributed by atoms with Gasteiger partial charge in [-0.15, -0.1) is 45.3 Å². The second-order valence-corrected chi connectivity index (χ2v) is 24.4. The number of hydrogen-bond acceptors (Lipinski definition) is 8. The number of benzene rings is 10. The first-order valence-electron chi connectivity index (χ1n) is 26.1. The summed E-state index contributed by atoms with van der Waals surface area (Å²) in [4.78, 5) is 19.4. The Hall–Kier alpha value is -8.67. The lowest BCUT2D eigenvalue weighted by Gasteiger charge is -2.10. The van der Waals surface area contributed by atoms with Crippen molar-refractivity contribution in [3.8, 4) is 39.6 Å². The average molecular weight is 1100 g/mol. The molecule has 0 spiro atoms. The molecule has 0 atom stereocenters. The van der Waals surface area contributed by atoms with E-state index < -0.39 is 0 Å². The molecule has 0 saturated carbocycles. The molecule has 5 nitrogen and oxygen atoms in total. The summed E-state index contributed by atoms with van der Waals surface area (Å²) in [6, 6.07) is 81.6. The van der Waals surface area contributed by atoms with Crippen LogP contribution in [0.15, 0.2) is 231 Å². The lowest BCUT2D eigenvalue weighted by molar-refractivity contribution is 1.02. The van der Waals surface area contributed by atoms with Crippen LogP contribution in [0.25, 0.3) is 142 Å². The van der Waals surface area contributed by atoms with E-state index >= 15 is 0 Å². The van der Waals surface area contributed by atoms with Crippen LogP contribution < -0.4 is 0 Å². The standard InChI is InChI=1S/C34H19N3S2.C19H12S.C16H9ClN2S/c1-2-10-20(11-3-1)31-33-32(23-14-6-9-17-29(23)39-33)36-34(35-31)37-26-15-7-4-12-21(26)24-18-25-22-13-5-8-16-28(22)38-30(25)19-27(24)37;1-2-6-14-12(5-1)9-13-10-19-17(11-16(13)14)15-7-3-4-8-18(15)20-19;17-16-18-13(10-6-2-1-3-7-10)15-14(19-16)11-8-4-5-9-12(11)20-15/h1-19H;1-8,10-11H,9H2;1-9H. The Bertz CT molecular complexity index is 5270. The van der Waals surface area contributed by atoms with Crippen LogP contribution in [0.2, 0.25) is 5.28 Å². The van der Waals surface area contributed by atoms with Gasteiger partial charge in [-0.2, -0.15) is 0 Å². The minimum absolute atomic E-state index is 0.292. The van der Waals surface area contributed by atoms with Crippen molar-refractivity contribution in [3.63, 3.8) is 0 Å². The molecule has 0 saturated heterocycles. The summed E-state index contributed by atoms with van der Waals surface area (Å²) in [6.45, 7) is 0. The van der Waals surface area contributed by atoms with Crippen molar-refractivity contribution in [3.05, 3.63) is 247 Å². The zero-order valence-corrected chi connectivity index (χ0v) is 45.9. The van der Waals surface area contributed by atoms with Crippen molar-refractivity contribution in [2.75, 3.05) is 0 Å². The van der Waals surface area contributed by atoms with Gasteiger partial charge in [0.05, 0.1) is 42.9 Å². The molecule has 1 aliphatic carbocycles. The molecule has 1 aliphatic rings. The Morgan fingerprint density at radius 2 is 0.823 bits per heavy atom. The fraction of sp³-hybridized carbons (Fsp3) is 0.0145. The van der Waals surface area contributed by atoms with Crippen molar-refractivity contribution < 1.29 is 0 Å². The fourth-order valence-electron chi connectivity index (χ4n) is 11.6. The molecule has 79 heavy (non-hydrogen) atoms. The molecule has 17 aromatic rings. The zero-order chi connectivity index (χ0) is 52.1. The first-order chi connectivity index (χ1) is 39.1. The molecule has 18 rings (SSSR count). The first kappa shape index (κ1) is 46.4. The number of hydrogen-bond donors (Lipinski definition) is 0. The average Bonchev–Trinajstić information content (AvgIpc) is 4.39. The largest absolute Gasteiger partial charge is 0.278 e. The summed E-state index contributed by atoms with van der Waals surface area (Å²) in [6.07, 6.45) is 1.08. The summed E-state index contributed by atoms with van der Waals surface area (Å²) in [5.41, 5.74) is 14.0. The van der Waals surface area contributed by atoms with Gasteiger partial charge < -0.3 is 0 Å². The van der Waals surface area contributed by atoms with Gasteiger partial charge in [-0.3, -0.25) is 4.57 Å². The topological polar surface area (TPSA) is 56.5 Å². The van der Waals surface area contributed by atoms with E-state index in [4.69, 9.17) is 21.6 Å². The number of fused-ring (bicyclic) bond motifs is 18. The Morgan fingerprint density at radius 3 is 1.47 bits per heavy atom. The van der Waals surface area contributed by atoms with Crippen molar-refractivity contribution in [1.82, 2.24) is 24.5 Å². The van der Waals surface area contributed by atoms with Gasteiger partial charge in [0.2, 0.25) is 11.2 Å². The summed E-state index contributed by atoms with van der Waals surface area (Å²) in [5.74, 6) is 0.705. The lowest BCUT2D eigenvalue weighted by atomic mass is 10.0. The Labute approximate surface area is 473 Å². The van der Waals surface area contributed by atoms with Crippen LogP contribution in [0, 0.1) is 0 Å². The van der Waals surface area contributed by atoms with Crippen LogP contribution in [0.3, 0.4) is 0 Å². The van der Waals surface area contributed by atoms with Crippen LogP contribution in [-0.2, 0) is 6.42 Å². The van der Waals surface area contributed by atoms with Gasteiger partial charge >= 0.3 is 0 Å². The first-order valence-corrected chi connectivity index (χ1v) is 29.7. The highest BCUT2D eigenvalue weighted by molar-refractivity contribution is 7.27. The zero-order valence-electron chi connectivity index (χ0n) is 41.9. The van der Waals surface area contributed by atoms with Crippen LogP contribution in [0.1, 0.15) is 11.1 Å². The second-order valence-electron chi connectivity index (χ2n) is 19.8. The molecule has 7 heterocycles. The van der Waals surface area contributed by atoms with Crippen molar-refractivity contribution in [2.24, 2.45) is 0 Å². The Balaban J connectivity index is 0.000000109. The molecule has 0 unspecified atom stereocenters. The molecule has 7 aromatic heterocycles.